The van der Waals surface area contributed by atoms with Crippen molar-refractivity contribution in [3.63, 3.8) is 0 Å². The fourth-order valence-corrected chi connectivity index (χ4v) is 3.04. The van der Waals surface area contributed by atoms with Crippen LogP contribution < -0.4 is 5.32 Å². The minimum atomic E-state index is -0.753. The highest BCUT2D eigenvalue weighted by molar-refractivity contribution is 7.99. The molecule has 0 spiro atoms. The summed E-state index contributed by atoms with van der Waals surface area (Å²) in [6, 6.07) is 12.3. The molecular formula is C16H20N2O2S. The molecule has 0 aliphatic carbocycles. The Labute approximate surface area is 129 Å². The molecule has 1 aliphatic heterocycles. The SMILES string of the molecule is C[C@H](SCc1ccccc1)C(=O)NC1(C#N)CCOCC1. The Hall–Kier alpha value is -1.51. The van der Waals surface area contributed by atoms with Crippen LogP contribution in [0.3, 0.4) is 0 Å². The zero-order valence-corrected chi connectivity index (χ0v) is 13.0. The van der Waals surface area contributed by atoms with E-state index >= 15 is 0 Å². The summed E-state index contributed by atoms with van der Waals surface area (Å²) in [5.41, 5.74) is 0.444. The van der Waals surface area contributed by atoms with Gasteiger partial charge in [0.15, 0.2) is 0 Å². The first-order valence-corrected chi connectivity index (χ1v) is 8.17. The molecule has 1 aromatic rings. The maximum absolute atomic E-state index is 12.3. The number of ether oxygens (including phenoxy) is 1. The first-order chi connectivity index (χ1) is 10.2. The molecule has 1 heterocycles. The van der Waals surface area contributed by atoms with E-state index in [0.29, 0.717) is 26.1 Å². The second kappa shape index (κ2) is 7.48. The maximum atomic E-state index is 12.3. The summed E-state index contributed by atoms with van der Waals surface area (Å²) in [7, 11) is 0. The lowest BCUT2D eigenvalue weighted by Crippen LogP contribution is -2.52. The van der Waals surface area contributed by atoms with Gasteiger partial charge in [-0.1, -0.05) is 30.3 Å². The van der Waals surface area contributed by atoms with Gasteiger partial charge in [-0.05, 0) is 12.5 Å². The van der Waals surface area contributed by atoms with Crippen molar-refractivity contribution in [2.24, 2.45) is 0 Å². The van der Waals surface area contributed by atoms with Gasteiger partial charge in [-0.25, -0.2) is 0 Å². The predicted octanol–water partition coefficient (Wildman–Crippen LogP) is 2.50. The number of nitriles is 1. The number of thioether (sulfide) groups is 1. The molecule has 2 rings (SSSR count). The zero-order chi connectivity index (χ0) is 15.1. The number of benzene rings is 1. The summed E-state index contributed by atoms with van der Waals surface area (Å²) in [5.74, 6) is 0.720. The predicted molar refractivity (Wildman–Crippen MR) is 83.7 cm³/mol. The average molecular weight is 304 g/mol. The quantitative estimate of drug-likeness (QED) is 0.908. The van der Waals surface area contributed by atoms with Crippen molar-refractivity contribution < 1.29 is 9.53 Å². The van der Waals surface area contributed by atoms with Crippen molar-refractivity contribution in [1.29, 1.82) is 5.26 Å². The van der Waals surface area contributed by atoms with Crippen molar-refractivity contribution in [3.8, 4) is 6.07 Å². The van der Waals surface area contributed by atoms with Crippen LogP contribution in [0.4, 0.5) is 0 Å². The van der Waals surface area contributed by atoms with Gasteiger partial charge in [0.2, 0.25) is 5.91 Å². The average Bonchev–Trinajstić information content (AvgIpc) is 2.54. The van der Waals surface area contributed by atoms with E-state index in [0.717, 1.165) is 5.75 Å². The fourth-order valence-electron chi connectivity index (χ4n) is 2.19. The van der Waals surface area contributed by atoms with Gasteiger partial charge < -0.3 is 10.1 Å². The second-order valence-corrected chi connectivity index (χ2v) is 6.56. The lowest BCUT2D eigenvalue weighted by molar-refractivity contribution is -0.122. The molecule has 1 amide bonds. The summed E-state index contributed by atoms with van der Waals surface area (Å²) in [4.78, 5) is 12.3. The molecule has 1 aliphatic rings. The van der Waals surface area contributed by atoms with Crippen molar-refractivity contribution in [1.82, 2.24) is 5.32 Å². The first kappa shape index (κ1) is 15.9. The zero-order valence-electron chi connectivity index (χ0n) is 12.2. The Morgan fingerprint density at radius 2 is 2.10 bits per heavy atom. The number of nitrogens with one attached hydrogen (secondary N) is 1. The van der Waals surface area contributed by atoms with Crippen LogP contribution in [-0.4, -0.2) is 29.9 Å². The van der Waals surface area contributed by atoms with Crippen LogP contribution in [0.15, 0.2) is 30.3 Å². The lowest BCUT2D eigenvalue weighted by atomic mass is 9.91. The van der Waals surface area contributed by atoms with Gasteiger partial charge in [0.25, 0.3) is 0 Å². The third-order valence-electron chi connectivity index (χ3n) is 3.63. The highest BCUT2D eigenvalue weighted by atomic mass is 32.2. The molecule has 4 nitrogen and oxygen atoms in total. The molecule has 0 radical (unpaired) electrons. The van der Waals surface area contributed by atoms with E-state index in [4.69, 9.17) is 4.74 Å². The number of rotatable bonds is 5. The summed E-state index contributed by atoms with van der Waals surface area (Å²) in [5, 5.41) is 12.1. The number of carbonyl (C=O) groups is 1. The number of hydrogen-bond acceptors (Lipinski definition) is 4. The van der Waals surface area contributed by atoms with Crippen LogP contribution in [-0.2, 0) is 15.3 Å². The van der Waals surface area contributed by atoms with Gasteiger partial charge in [0.05, 0.1) is 11.3 Å². The minimum Gasteiger partial charge on any atom is -0.381 e. The van der Waals surface area contributed by atoms with Gasteiger partial charge in [0.1, 0.15) is 5.54 Å². The lowest BCUT2D eigenvalue weighted by Gasteiger charge is -2.32. The third-order valence-corrected chi connectivity index (χ3v) is 4.85. The van der Waals surface area contributed by atoms with E-state index < -0.39 is 5.54 Å². The summed E-state index contributed by atoms with van der Waals surface area (Å²) >= 11 is 1.58. The highest BCUT2D eigenvalue weighted by Crippen LogP contribution is 2.22. The highest BCUT2D eigenvalue weighted by Gasteiger charge is 2.35. The van der Waals surface area contributed by atoms with Gasteiger partial charge in [-0.15, -0.1) is 11.8 Å². The minimum absolute atomic E-state index is 0.0700. The van der Waals surface area contributed by atoms with Crippen LogP contribution >= 0.6 is 11.8 Å². The number of amides is 1. The smallest absolute Gasteiger partial charge is 0.234 e. The molecule has 112 valence electrons. The van der Waals surface area contributed by atoms with E-state index in [1.807, 2.05) is 37.3 Å². The van der Waals surface area contributed by atoms with Crippen LogP contribution in [0.2, 0.25) is 0 Å². The van der Waals surface area contributed by atoms with Crippen molar-refractivity contribution in [2.75, 3.05) is 13.2 Å². The summed E-state index contributed by atoms with van der Waals surface area (Å²) in [6.07, 6.45) is 1.12. The topological polar surface area (TPSA) is 62.1 Å². The monoisotopic (exact) mass is 304 g/mol. The van der Waals surface area contributed by atoms with E-state index in [9.17, 15) is 10.1 Å². The second-order valence-electron chi connectivity index (χ2n) is 5.23. The molecule has 0 aromatic heterocycles. The summed E-state index contributed by atoms with van der Waals surface area (Å²) < 4.78 is 5.27. The Bertz CT molecular complexity index is 507. The maximum Gasteiger partial charge on any atom is 0.234 e. The van der Waals surface area contributed by atoms with E-state index in [2.05, 4.69) is 11.4 Å². The molecule has 0 saturated carbocycles. The van der Waals surface area contributed by atoms with Gasteiger partial charge in [-0.2, -0.15) is 5.26 Å². The molecule has 1 fully saturated rings. The molecule has 1 aromatic carbocycles. The van der Waals surface area contributed by atoms with Gasteiger partial charge in [-0.3, -0.25) is 4.79 Å². The van der Waals surface area contributed by atoms with Crippen molar-refractivity contribution >= 4 is 17.7 Å². The van der Waals surface area contributed by atoms with Gasteiger partial charge >= 0.3 is 0 Å². The summed E-state index contributed by atoms with van der Waals surface area (Å²) in [6.45, 7) is 2.94. The largest absolute Gasteiger partial charge is 0.381 e. The third kappa shape index (κ3) is 4.48. The molecule has 1 N–H and O–H groups in total. The van der Waals surface area contributed by atoms with Crippen LogP contribution in [0.1, 0.15) is 25.3 Å². The Balaban J connectivity index is 1.86. The Morgan fingerprint density at radius 1 is 1.43 bits per heavy atom. The molecule has 0 unspecified atom stereocenters. The Kier molecular flexibility index (Phi) is 5.66. The molecule has 0 bridgehead atoms. The van der Waals surface area contributed by atoms with E-state index in [-0.39, 0.29) is 11.2 Å². The Morgan fingerprint density at radius 3 is 2.71 bits per heavy atom. The van der Waals surface area contributed by atoms with Crippen LogP contribution in [0.25, 0.3) is 0 Å². The fraction of sp³-hybridized carbons (Fsp3) is 0.500. The van der Waals surface area contributed by atoms with Gasteiger partial charge in [0, 0.05) is 31.8 Å². The first-order valence-electron chi connectivity index (χ1n) is 7.12. The molecule has 21 heavy (non-hydrogen) atoms. The standard InChI is InChI=1S/C16H20N2O2S/c1-13(21-11-14-5-3-2-4-6-14)15(19)18-16(12-17)7-9-20-10-8-16/h2-6,13H,7-11H2,1H3,(H,18,19)/t13-/m0/s1. The number of nitrogens with zero attached hydrogens (tertiary/aromatic N) is 1. The van der Waals surface area contributed by atoms with Crippen LogP contribution in [0.5, 0.6) is 0 Å². The van der Waals surface area contributed by atoms with Crippen LogP contribution in [0, 0.1) is 11.3 Å². The molecule has 5 heteroatoms. The molecule has 1 saturated heterocycles. The number of hydrogen-bond donors (Lipinski definition) is 1. The molecular weight excluding hydrogens is 284 g/mol. The van der Waals surface area contributed by atoms with Crippen molar-refractivity contribution in [3.05, 3.63) is 35.9 Å². The molecule has 1 atom stereocenters. The van der Waals surface area contributed by atoms with E-state index in [1.165, 1.54) is 5.56 Å². The van der Waals surface area contributed by atoms with Crippen molar-refractivity contribution in [2.45, 2.75) is 36.3 Å². The van der Waals surface area contributed by atoms with E-state index in [1.54, 1.807) is 11.8 Å². The number of carbonyl (C=O) groups excluding carboxylic acids is 1. The normalized spacial score (nSPS) is 18.5.